The van der Waals surface area contributed by atoms with Gasteiger partial charge in [-0.15, -0.1) is 0 Å². The van der Waals surface area contributed by atoms with E-state index in [1.807, 2.05) is 23.1 Å². The van der Waals surface area contributed by atoms with Gasteiger partial charge in [0.1, 0.15) is 0 Å². The molecule has 3 heterocycles. The fourth-order valence-electron chi connectivity index (χ4n) is 3.83. The van der Waals surface area contributed by atoms with Crippen molar-refractivity contribution >= 4 is 17.5 Å². The van der Waals surface area contributed by atoms with E-state index in [4.69, 9.17) is 5.73 Å². The lowest BCUT2D eigenvalue weighted by molar-refractivity contribution is -0.134. The van der Waals surface area contributed by atoms with Crippen LogP contribution in [-0.2, 0) is 9.59 Å². The van der Waals surface area contributed by atoms with Crippen LogP contribution in [0.5, 0.6) is 0 Å². The topological polar surface area (TPSA) is 95.3 Å². The van der Waals surface area contributed by atoms with Crippen LogP contribution in [0.25, 0.3) is 0 Å². The summed E-state index contributed by atoms with van der Waals surface area (Å²) in [6, 6.07) is 9.99. The van der Waals surface area contributed by atoms with E-state index in [-0.39, 0.29) is 36.1 Å². The molecule has 0 radical (unpaired) electrons. The van der Waals surface area contributed by atoms with Crippen LogP contribution < -0.4 is 10.6 Å². The molecule has 2 aliphatic rings. The van der Waals surface area contributed by atoms with E-state index < -0.39 is 0 Å². The van der Waals surface area contributed by atoms with E-state index in [1.165, 1.54) is 0 Å². The predicted octanol–water partition coefficient (Wildman–Crippen LogP) is 0.716. The average molecular weight is 339 g/mol. The van der Waals surface area contributed by atoms with E-state index >= 15 is 0 Å². The van der Waals surface area contributed by atoms with Gasteiger partial charge >= 0.3 is 0 Å². The molecular formula is C18H21N5O2. The van der Waals surface area contributed by atoms with Crippen molar-refractivity contribution in [2.75, 3.05) is 24.5 Å². The first-order valence-electron chi connectivity index (χ1n) is 8.52. The van der Waals surface area contributed by atoms with Crippen LogP contribution >= 0.6 is 0 Å². The molecule has 130 valence electrons. The van der Waals surface area contributed by atoms with Gasteiger partial charge in [0.05, 0.1) is 17.8 Å². The van der Waals surface area contributed by atoms with Gasteiger partial charge < -0.3 is 15.5 Å². The van der Waals surface area contributed by atoms with Crippen LogP contribution in [0.1, 0.15) is 17.9 Å². The summed E-state index contributed by atoms with van der Waals surface area (Å²) in [5, 5.41) is 6.57. The second-order valence-corrected chi connectivity index (χ2v) is 6.79. The predicted molar refractivity (Wildman–Crippen MR) is 92.8 cm³/mol. The summed E-state index contributed by atoms with van der Waals surface area (Å²) in [6.45, 7) is 1.55. The molecule has 3 N–H and O–H groups in total. The van der Waals surface area contributed by atoms with Crippen LogP contribution in [-0.4, -0.2) is 52.6 Å². The molecule has 0 saturated carbocycles. The van der Waals surface area contributed by atoms with Crippen LogP contribution in [0.4, 0.5) is 5.69 Å². The number of nitrogens with two attached hydrogens (primary N) is 1. The van der Waals surface area contributed by atoms with Gasteiger partial charge in [0, 0.05) is 44.2 Å². The third-order valence-electron chi connectivity index (χ3n) is 5.17. The molecular weight excluding hydrogens is 318 g/mol. The van der Waals surface area contributed by atoms with E-state index in [0.29, 0.717) is 25.3 Å². The van der Waals surface area contributed by atoms with Gasteiger partial charge in [0.25, 0.3) is 0 Å². The van der Waals surface area contributed by atoms with Crippen molar-refractivity contribution in [3.8, 4) is 0 Å². The molecule has 7 nitrogen and oxygen atoms in total. The second kappa shape index (κ2) is 6.33. The molecule has 0 aliphatic carbocycles. The van der Waals surface area contributed by atoms with E-state index in [1.54, 1.807) is 17.3 Å². The number of hydrogen-bond acceptors (Lipinski definition) is 4. The molecule has 7 heteroatoms. The Balaban J connectivity index is 1.45. The van der Waals surface area contributed by atoms with Crippen LogP contribution in [0.2, 0.25) is 0 Å². The normalized spacial score (nSPS) is 26.4. The summed E-state index contributed by atoms with van der Waals surface area (Å²) in [6.07, 6.45) is 3.51. The minimum absolute atomic E-state index is 0.0215. The highest BCUT2D eigenvalue weighted by molar-refractivity contribution is 6.00. The van der Waals surface area contributed by atoms with Crippen LogP contribution in [0, 0.1) is 5.92 Å². The molecule has 25 heavy (non-hydrogen) atoms. The number of nitrogens with zero attached hydrogens (tertiary/aromatic N) is 3. The average Bonchev–Trinajstić information content (AvgIpc) is 3.34. The van der Waals surface area contributed by atoms with Crippen molar-refractivity contribution in [2.45, 2.75) is 18.4 Å². The van der Waals surface area contributed by atoms with Crippen molar-refractivity contribution in [1.82, 2.24) is 15.1 Å². The minimum atomic E-state index is -0.316. The number of likely N-dealkylation sites (tertiary alicyclic amines) is 1. The maximum Gasteiger partial charge on any atom is 0.228 e. The molecule has 2 aromatic rings. The Bertz CT molecular complexity index is 761. The fraction of sp³-hybridized carbons (Fsp3) is 0.389. The Morgan fingerprint density at radius 1 is 1.20 bits per heavy atom. The van der Waals surface area contributed by atoms with Gasteiger partial charge in [0.2, 0.25) is 11.8 Å². The molecule has 2 aliphatic heterocycles. The smallest absolute Gasteiger partial charge is 0.228 e. The number of aromatic nitrogens is 2. The monoisotopic (exact) mass is 339 g/mol. The van der Waals surface area contributed by atoms with E-state index in [9.17, 15) is 9.59 Å². The first-order chi connectivity index (χ1) is 12.1. The lowest BCUT2D eigenvalue weighted by Crippen LogP contribution is -2.37. The second-order valence-electron chi connectivity index (χ2n) is 6.79. The van der Waals surface area contributed by atoms with Crippen molar-refractivity contribution in [1.29, 1.82) is 0 Å². The molecule has 2 amide bonds. The number of benzene rings is 1. The van der Waals surface area contributed by atoms with Gasteiger partial charge in [-0.1, -0.05) is 30.3 Å². The largest absolute Gasteiger partial charge is 0.340 e. The third-order valence-corrected chi connectivity index (χ3v) is 5.17. The molecule has 4 rings (SSSR count). The molecule has 2 saturated heterocycles. The number of amides is 2. The number of rotatable bonds is 3. The number of carbonyl (C=O) groups is 2. The van der Waals surface area contributed by atoms with Crippen molar-refractivity contribution in [3.63, 3.8) is 0 Å². The van der Waals surface area contributed by atoms with E-state index in [2.05, 4.69) is 22.3 Å². The lowest BCUT2D eigenvalue weighted by atomic mass is 9.95. The third kappa shape index (κ3) is 2.91. The van der Waals surface area contributed by atoms with Gasteiger partial charge in [-0.25, -0.2) is 0 Å². The fourth-order valence-corrected chi connectivity index (χ4v) is 3.83. The van der Waals surface area contributed by atoms with Gasteiger partial charge in [-0.3, -0.25) is 14.7 Å². The summed E-state index contributed by atoms with van der Waals surface area (Å²) in [5.41, 5.74) is 8.15. The highest BCUT2D eigenvalue weighted by atomic mass is 16.2. The van der Waals surface area contributed by atoms with Crippen LogP contribution in [0.15, 0.2) is 42.7 Å². The lowest BCUT2D eigenvalue weighted by Gasteiger charge is -2.20. The zero-order valence-corrected chi connectivity index (χ0v) is 13.8. The molecule has 0 bridgehead atoms. The van der Waals surface area contributed by atoms with Crippen molar-refractivity contribution in [3.05, 3.63) is 48.3 Å². The number of anilines is 1. The Labute approximate surface area is 145 Å². The summed E-state index contributed by atoms with van der Waals surface area (Å²) >= 11 is 0. The maximum atomic E-state index is 12.9. The number of nitrogens with one attached hydrogen (secondary N) is 1. The quantitative estimate of drug-likeness (QED) is 0.861. The van der Waals surface area contributed by atoms with Crippen molar-refractivity contribution in [2.24, 2.45) is 11.7 Å². The Morgan fingerprint density at radius 3 is 2.72 bits per heavy atom. The summed E-state index contributed by atoms with van der Waals surface area (Å²) < 4.78 is 0. The molecule has 2 fully saturated rings. The van der Waals surface area contributed by atoms with Gasteiger partial charge in [-0.05, 0) is 5.56 Å². The summed E-state index contributed by atoms with van der Waals surface area (Å²) in [7, 11) is 0. The summed E-state index contributed by atoms with van der Waals surface area (Å²) in [4.78, 5) is 28.6. The molecule has 0 spiro atoms. The Kier molecular flexibility index (Phi) is 4.01. The number of hydrogen-bond donors (Lipinski definition) is 2. The molecule has 1 aromatic carbocycles. The highest BCUT2D eigenvalue weighted by Gasteiger charge is 2.41. The molecule has 1 aromatic heterocycles. The van der Waals surface area contributed by atoms with Crippen molar-refractivity contribution < 1.29 is 9.59 Å². The van der Waals surface area contributed by atoms with Crippen LogP contribution in [0.3, 0.4) is 0 Å². The standard InChI is InChI=1S/C18H21N5O2/c19-16-11-22(10-15(16)12-4-2-1-3-5-12)18(25)13-6-17(24)23(9-13)14-7-20-21-8-14/h1-5,7-8,13,15-16H,6,9-11,19H2,(H,20,21)/t13?,15-,16+/m0/s1. The first kappa shape index (κ1) is 15.8. The SMILES string of the molecule is N[C@@H]1CN(C(=O)C2CC(=O)N(c3cn[nH]c3)C2)C[C@H]1c1ccccc1. The number of aromatic amines is 1. The van der Waals surface area contributed by atoms with Gasteiger partial charge in [0.15, 0.2) is 0 Å². The van der Waals surface area contributed by atoms with Gasteiger partial charge in [-0.2, -0.15) is 5.10 Å². The minimum Gasteiger partial charge on any atom is -0.340 e. The zero-order chi connectivity index (χ0) is 17.4. The maximum absolute atomic E-state index is 12.9. The first-order valence-corrected chi connectivity index (χ1v) is 8.52. The summed E-state index contributed by atoms with van der Waals surface area (Å²) in [5.74, 6) is -0.188. The molecule has 1 unspecified atom stereocenters. The number of H-pyrrole nitrogens is 1. The highest BCUT2D eigenvalue weighted by Crippen LogP contribution is 2.30. The number of carbonyl (C=O) groups excluding carboxylic acids is 2. The Hall–Kier alpha value is -2.67. The van der Waals surface area contributed by atoms with E-state index in [0.717, 1.165) is 5.56 Å². The Morgan fingerprint density at radius 2 is 2.00 bits per heavy atom. The zero-order valence-electron chi connectivity index (χ0n) is 13.8. The molecule has 3 atom stereocenters.